The number of hydrogen-bond acceptors (Lipinski definition) is 2. The lowest BCUT2D eigenvalue weighted by Gasteiger charge is -2.16. The predicted octanol–water partition coefficient (Wildman–Crippen LogP) is 4.41. The molecule has 1 aliphatic heterocycles. The largest absolute Gasteiger partial charge is 0.494 e. The normalized spacial score (nSPS) is 16.6. The third-order valence-corrected chi connectivity index (χ3v) is 3.95. The monoisotopic (exact) mass is 267 g/mol. The van der Waals surface area contributed by atoms with E-state index in [1.165, 1.54) is 27.9 Å². The standard InChI is InChI=1S/C18H21NO/c1-4-20-18-8-6-5-7-14(18)17-11-15-13(3)9-12(2)10-16(15)19-17/h5-10,17,19H,4,11H2,1-3H3. The lowest BCUT2D eigenvalue weighted by Crippen LogP contribution is -2.08. The van der Waals surface area contributed by atoms with Gasteiger partial charge in [0.05, 0.1) is 12.6 Å². The first-order chi connectivity index (χ1) is 9.69. The first-order valence-corrected chi connectivity index (χ1v) is 7.27. The van der Waals surface area contributed by atoms with Crippen LogP contribution < -0.4 is 10.1 Å². The second-order valence-corrected chi connectivity index (χ2v) is 5.48. The highest BCUT2D eigenvalue weighted by atomic mass is 16.5. The van der Waals surface area contributed by atoms with Crippen LogP contribution >= 0.6 is 0 Å². The van der Waals surface area contributed by atoms with Gasteiger partial charge in [-0.1, -0.05) is 24.3 Å². The Balaban J connectivity index is 1.94. The van der Waals surface area contributed by atoms with Crippen LogP contribution in [-0.4, -0.2) is 6.61 Å². The van der Waals surface area contributed by atoms with Crippen molar-refractivity contribution in [3.05, 3.63) is 58.7 Å². The van der Waals surface area contributed by atoms with Gasteiger partial charge >= 0.3 is 0 Å². The first-order valence-electron chi connectivity index (χ1n) is 7.27. The minimum absolute atomic E-state index is 0.313. The van der Waals surface area contributed by atoms with E-state index in [0.717, 1.165) is 12.2 Å². The zero-order chi connectivity index (χ0) is 14.1. The Morgan fingerprint density at radius 3 is 2.80 bits per heavy atom. The number of aryl methyl sites for hydroxylation is 2. The third kappa shape index (κ3) is 2.26. The number of ether oxygens (including phenoxy) is 1. The SMILES string of the molecule is CCOc1ccccc1C1Cc2c(C)cc(C)cc2N1. The maximum atomic E-state index is 5.76. The zero-order valence-electron chi connectivity index (χ0n) is 12.4. The maximum absolute atomic E-state index is 5.76. The number of para-hydroxylation sites is 1. The fourth-order valence-corrected chi connectivity index (χ4v) is 3.08. The molecule has 0 fully saturated rings. The fraction of sp³-hybridized carbons (Fsp3) is 0.333. The molecule has 0 aliphatic carbocycles. The van der Waals surface area contributed by atoms with Crippen molar-refractivity contribution >= 4 is 5.69 Å². The molecule has 1 atom stereocenters. The minimum atomic E-state index is 0.313. The summed E-state index contributed by atoms with van der Waals surface area (Å²) in [5.74, 6) is 0.995. The molecule has 1 N–H and O–H groups in total. The molecule has 3 rings (SSSR count). The molecule has 1 heterocycles. The summed E-state index contributed by atoms with van der Waals surface area (Å²) in [6, 6.07) is 13.2. The Labute approximate surface area is 120 Å². The van der Waals surface area contributed by atoms with E-state index in [1.54, 1.807) is 0 Å². The summed E-state index contributed by atoms with van der Waals surface area (Å²) in [5, 5.41) is 3.65. The van der Waals surface area contributed by atoms with Crippen LogP contribution in [-0.2, 0) is 6.42 Å². The van der Waals surface area contributed by atoms with Crippen molar-refractivity contribution in [2.45, 2.75) is 33.2 Å². The molecule has 1 aliphatic rings. The van der Waals surface area contributed by atoms with E-state index in [-0.39, 0.29) is 0 Å². The average molecular weight is 267 g/mol. The van der Waals surface area contributed by atoms with Crippen LogP contribution in [0.4, 0.5) is 5.69 Å². The highest BCUT2D eigenvalue weighted by molar-refractivity contribution is 5.63. The predicted molar refractivity (Wildman–Crippen MR) is 83.6 cm³/mol. The Morgan fingerprint density at radius 2 is 2.00 bits per heavy atom. The molecule has 2 nitrogen and oxygen atoms in total. The highest BCUT2D eigenvalue weighted by Crippen LogP contribution is 2.39. The van der Waals surface area contributed by atoms with Crippen LogP contribution in [0.15, 0.2) is 36.4 Å². The van der Waals surface area contributed by atoms with Gasteiger partial charge in [0, 0.05) is 11.3 Å². The van der Waals surface area contributed by atoms with Crippen LogP contribution in [0.2, 0.25) is 0 Å². The lowest BCUT2D eigenvalue weighted by molar-refractivity contribution is 0.335. The van der Waals surface area contributed by atoms with Crippen molar-refractivity contribution in [3.8, 4) is 5.75 Å². The van der Waals surface area contributed by atoms with Gasteiger partial charge in [-0.15, -0.1) is 0 Å². The second-order valence-electron chi connectivity index (χ2n) is 5.48. The van der Waals surface area contributed by atoms with Crippen LogP contribution in [0, 0.1) is 13.8 Å². The number of hydrogen-bond donors (Lipinski definition) is 1. The Hall–Kier alpha value is -1.96. The maximum Gasteiger partial charge on any atom is 0.124 e. The molecule has 2 aromatic carbocycles. The highest BCUT2D eigenvalue weighted by Gasteiger charge is 2.25. The Bertz CT molecular complexity index is 633. The summed E-state index contributed by atoms with van der Waals surface area (Å²) < 4.78 is 5.76. The summed E-state index contributed by atoms with van der Waals surface area (Å²) in [4.78, 5) is 0. The van der Waals surface area contributed by atoms with Crippen molar-refractivity contribution in [2.24, 2.45) is 0 Å². The third-order valence-electron chi connectivity index (χ3n) is 3.95. The summed E-state index contributed by atoms with van der Waals surface area (Å²) in [6.45, 7) is 7.08. The lowest BCUT2D eigenvalue weighted by atomic mass is 9.98. The quantitative estimate of drug-likeness (QED) is 0.889. The fourth-order valence-electron chi connectivity index (χ4n) is 3.08. The number of rotatable bonds is 3. The van der Waals surface area contributed by atoms with Gasteiger partial charge in [-0.25, -0.2) is 0 Å². The van der Waals surface area contributed by atoms with E-state index in [2.05, 4.69) is 49.5 Å². The average Bonchev–Trinajstić information content (AvgIpc) is 2.83. The minimum Gasteiger partial charge on any atom is -0.494 e. The van der Waals surface area contributed by atoms with Crippen molar-refractivity contribution in [1.82, 2.24) is 0 Å². The van der Waals surface area contributed by atoms with Gasteiger partial charge in [0.1, 0.15) is 5.75 Å². The zero-order valence-corrected chi connectivity index (χ0v) is 12.4. The molecule has 0 amide bonds. The molecule has 0 aromatic heterocycles. The van der Waals surface area contributed by atoms with E-state index < -0.39 is 0 Å². The van der Waals surface area contributed by atoms with Crippen molar-refractivity contribution in [2.75, 3.05) is 11.9 Å². The van der Waals surface area contributed by atoms with Crippen LogP contribution in [0.1, 0.15) is 35.2 Å². The van der Waals surface area contributed by atoms with E-state index >= 15 is 0 Å². The van der Waals surface area contributed by atoms with E-state index in [4.69, 9.17) is 4.74 Å². The van der Waals surface area contributed by atoms with Crippen LogP contribution in [0.3, 0.4) is 0 Å². The number of benzene rings is 2. The van der Waals surface area contributed by atoms with Gasteiger partial charge in [-0.3, -0.25) is 0 Å². The van der Waals surface area contributed by atoms with Gasteiger partial charge in [0.25, 0.3) is 0 Å². The van der Waals surface area contributed by atoms with E-state index in [9.17, 15) is 0 Å². The van der Waals surface area contributed by atoms with Crippen molar-refractivity contribution in [3.63, 3.8) is 0 Å². The molecule has 20 heavy (non-hydrogen) atoms. The first kappa shape index (κ1) is 13.0. The Kier molecular flexibility index (Phi) is 3.39. The summed E-state index contributed by atoms with van der Waals surface area (Å²) in [6.07, 6.45) is 1.03. The molecule has 0 saturated heterocycles. The van der Waals surface area contributed by atoms with E-state index in [1.807, 2.05) is 13.0 Å². The smallest absolute Gasteiger partial charge is 0.124 e. The molecule has 0 radical (unpaired) electrons. The number of fused-ring (bicyclic) bond motifs is 1. The summed E-state index contributed by atoms with van der Waals surface area (Å²) in [5.41, 5.74) is 6.66. The molecule has 0 bridgehead atoms. The van der Waals surface area contributed by atoms with Crippen LogP contribution in [0.25, 0.3) is 0 Å². The molecule has 104 valence electrons. The molecule has 0 saturated carbocycles. The van der Waals surface area contributed by atoms with Crippen molar-refractivity contribution < 1.29 is 4.74 Å². The molecular formula is C18H21NO. The second kappa shape index (κ2) is 5.20. The summed E-state index contributed by atoms with van der Waals surface area (Å²) >= 11 is 0. The molecule has 2 aromatic rings. The number of anilines is 1. The van der Waals surface area contributed by atoms with Crippen molar-refractivity contribution in [1.29, 1.82) is 0 Å². The van der Waals surface area contributed by atoms with Gasteiger partial charge in [-0.2, -0.15) is 0 Å². The van der Waals surface area contributed by atoms with Gasteiger partial charge < -0.3 is 10.1 Å². The topological polar surface area (TPSA) is 21.3 Å². The molecule has 2 heteroatoms. The summed E-state index contributed by atoms with van der Waals surface area (Å²) in [7, 11) is 0. The molecule has 1 unspecified atom stereocenters. The Morgan fingerprint density at radius 1 is 1.20 bits per heavy atom. The van der Waals surface area contributed by atoms with E-state index in [0.29, 0.717) is 12.6 Å². The van der Waals surface area contributed by atoms with Gasteiger partial charge in [-0.05, 0) is 56.0 Å². The number of nitrogens with one attached hydrogen (secondary N) is 1. The molecular weight excluding hydrogens is 246 g/mol. The van der Waals surface area contributed by atoms with Crippen LogP contribution in [0.5, 0.6) is 5.75 Å². The molecule has 0 spiro atoms. The van der Waals surface area contributed by atoms with Gasteiger partial charge in [0.2, 0.25) is 0 Å². The van der Waals surface area contributed by atoms with Gasteiger partial charge in [0.15, 0.2) is 0 Å².